The maximum atomic E-state index is 11.2. The molecule has 3 rings (SSSR count). The standard InChI is InChI=1S/C17H15N3O2/c18-11-12-6-9-15(16(10-12)20(21)22)19-17(14-7-8-14)13-4-2-1-3-5-13/h1-6,9-10,14,17,19H,7-8H2. The van der Waals surface area contributed by atoms with Crippen LogP contribution in [0.5, 0.6) is 0 Å². The first kappa shape index (κ1) is 14.1. The van der Waals surface area contributed by atoms with Gasteiger partial charge in [-0.3, -0.25) is 10.1 Å². The molecule has 1 unspecified atom stereocenters. The summed E-state index contributed by atoms with van der Waals surface area (Å²) in [5.74, 6) is 0.498. The molecule has 1 atom stereocenters. The molecule has 5 nitrogen and oxygen atoms in total. The normalized spacial score (nSPS) is 14.9. The monoisotopic (exact) mass is 293 g/mol. The van der Waals surface area contributed by atoms with E-state index in [1.807, 2.05) is 36.4 Å². The van der Waals surface area contributed by atoms with Crippen LogP contribution in [0.3, 0.4) is 0 Å². The summed E-state index contributed by atoms with van der Waals surface area (Å²) in [5, 5.41) is 23.5. The number of hydrogen-bond acceptors (Lipinski definition) is 4. The average molecular weight is 293 g/mol. The van der Waals surface area contributed by atoms with Gasteiger partial charge in [-0.1, -0.05) is 30.3 Å². The lowest BCUT2D eigenvalue weighted by molar-refractivity contribution is -0.384. The molecular formula is C17H15N3O2. The molecule has 5 heteroatoms. The fourth-order valence-corrected chi connectivity index (χ4v) is 2.61. The van der Waals surface area contributed by atoms with Crippen molar-refractivity contribution in [3.05, 3.63) is 69.8 Å². The van der Waals surface area contributed by atoms with E-state index < -0.39 is 4.92 Å². The van der Waals surface area contributed by atoms with Gasteiger partial charge >= 0.3 is 0 Å². The van der Waals surface area contributed by atoms with E-state index in [9.17, 15) is 10.1 Å². The van der Waals surface area contributed by atoms with Crippen molar-refractivity contribution >= 4 is 11.4 Å². The van der Waals surface area contributed by atoms with Crippen LogP contribution in [-0.4, -0.2) is 4.92 Å². The molecule has 1 aliphatic rings. The minimum atomic E-state index is -0.446. The Morgan fingerprint density at radius 3 is 2.55 bits per heavy atom. The van der Waals surface area contributed by atoms with Crippen LogP contribution >= 0.6 is 0 Å². The summed E-state index contributed by atoms with van der Waals surface area (Å²) in [6.45, 7) is 0. The van der Waals surface area contributed by atoms with Crippen LogP contribution in [0.2, 0.25) is 0 Å². The lowest BCUT2D eigenvalue weighted by Crippen LogP contribution is -2.14. The smallest absolute Gasteiger partial charge is 0.293 e. The quantitative estimate of drug-likeness (QED) is 0.666. The van der Waals surface area contributed by atoms with Crippen molar-refractivity contribution in [3.8, 4) is 6.07 Å². The minimum absolute atomic E-state index is 0.0550. The Kier molecular flexibility index (Phi) is 3.75. The van der Waals surface area contributed by atoms with E-state index in [1.54, 1.807) is 12.1 Å². The molecule has 2 aromatic carbocycles. The number of hydrogen-bond donors (Lipinski definition) is 1. The third-order valence-electron chi connectivity index (χ3n) is 3.89. The highest BCUT2D eigenvalue weighted by Crippen LogP contribution is 2.44. The molecule has 0 amide bonds. The summed E-state index contributed by atoms with van der Waals surface area (Å²) in [6, 6.07) is 16.5. The number of nitro benzene ring substituents is 1. The second-order valence-corrected chi connectivity index (χ2v) is 5.47. The maximum Gasteiger partial charge on any atom is 0.293 e. The van der Waals surface area contributed by atoms with Gasteiger partial charge in [0.1, 0.15) is 5.69 Å². The second kappa shape index (κ2) is 5.86. The van der Waals surface area contributed by atoms with Crippen LogP contribution in [0.25, 0.3) is 0 Å². The highest BCUT2D eigenvalue weighted by molar-refractivity contribution is 5.65. The first-order valence-electron chi connectivity index (χ1n) is 7.19. The minimum Gasteiger partial charge on any atom is -0.372 e. The van der Waals surface area contributed by atoms with Crippen molar-refractivity contribution in [2.45, 2.75) is 18.9 Å². The van der Waals surface area contributed by atoms with Crippen molar-refractivity contribution in [1.82, 2.24) is 0 Å². The Morgan fingerprint density at radius 1 is 1.23 bits per heavy atom. The Labute approximate surface area is 128 Å². The number of nitrogens with zero attached hydrogens (tertiary/aromatic N) is 2. The van der Waals surface area contributed by atoms with E-state index in [2.05, 4.69) is 5.32 Å². The highest BCUT2D eigenvalue weighted by Gasteiger charge is 2.33. The van der Waals surface area contributed by atoms with Crippen molar-refractivity contribution in [3.63, 3.8) is 0 Å². The van der Waals surface area contributed by atoms with Gasteiger partial charge in [0, 0.05) is 6.07 Å². The SMILES string of the molecule is N#Cc1ccc(NC(c2ccccc2)C2CC2)c([N+](=O)[O-])c1. The van der Waals surface area contributed by atoms with Crippen LogP contribution in [0.1, 0.15) is 30.0 Å². The number of anilines is 1. The molecule has 1 N–H and O–H groups in total. The number of benzene rings is 2. The van der Waals surface area contributed by atoms with Gasteiger partial charge in [-0.25, -0.2) is 0 Å². The highest BCUT2D eigenvalue weighted by atomic mass is 16.6. The molecule has 0 aromatic heterocycles. The first-order valence-corrected chi connectivity index (χ1v) is 7.19. The summed E-state index contributed by atoms with van der Waals surface area (Å²) in [7, 11) is 0. The van der Waals surface area contributed by atoms with E-state index in [0.29, 0.717) is 17.2 Å². The number of nitriles is 1. The molecule has 1 fully saturated rings. The summed E-state index contributed by atoms with van der Waals surface area (Å²) in [6.07, 6.45) is 2.24. The van der Waals surface area contributed by atoms with E-state index in [4.69, 9.17) is 5.26 Å². The molecule has 0 spiro atoms. The zero-order chi connectivity index (χ0) is 15.5. The molecule has 110 valence electrons. The fraction of sp³-hybridized carbons (Fsp3) is 0.235. The van der Waals surface area contributed by atoms with Gasteiger partial charge < -0.3 is 5.32 Å². The molecule has 22 heavy (non-hydrogen) atoms. The van der Waals surface area contributed by atoms with E-state index in [-0.39, 0.29) is 11.7 Å². The largest absolute Gasteiger partial charge is 0.372 e. The van der Waals surface area contributed by atoms with Gasteiger partial charge in [0.15, 0.2) is 0 Å². The van der Waals surface area contributed by atoms with Crippen molar-refractivity contribution in [2.24, 2.45) is 5.92 Å². The van der Waals surface area contributed by atoms with E-state index in [0.717, 1.165) is 18.4 Å². The topological polar surface area (TPSA) is 79.0 Å². The van der Waals surface area contributed by atoms with Gasteiger partial charge in [0.2, 0.25) is 0 Å². The van der Waals surface area contributed by atoms with Crippen molar-refractivity contribution in [2.75, 3.05) is 5.32 Å². The lowest BCUT2D eigenvalue weighted by atomic mass is 10.0. The zero-order valence-electron chi connectivity index (χ0n) is 11.9. The van der Waals surface area contributed by atoms with Gasteiger partial charge in [0.25, 0.3) is 5.69 Å². The Balaban J connectivity index is 1.94. The number of rotatable bonds is 5. The van der Waals surface area contributed by atoms with Gasteiger partial charge in [0.05, 0.1) is 22.6 Å². The number of nitro groups is 1. The molecule has 2 aromatic rings. The predicted octanol–water partition coefficient (Wildman–Crippen LogP) is 4.03. The summed E-state index contributed by atoms with van der Waals surface area (Å²) >= 11 is 0. The molecular weight excluding hydrogens is 278 g/mol. The van der Waals surface area contributed by atoms with Crippen LogP contribution < -0.4 is 5.32 Å². The Hall–Kier alpha value is -2.87. The number of nitrogens with one attached hydrogen (secondary N) is 1. The molecule has 1 saturated carbocycles. The first-order chi connectivity index (χ1) is 10.7. The fourth-order valence-electron chi connectivity index (χ4n) is 2.61. The van der Waals surface area contributed by atoms with E-state index >= 15 is 0 Å². The predicted molar refractivity (Wildman–Crippen MR) is 83.3 cm³/mol. The Bertz CT molecular complexity index is 733. The van der Waals surface area contributed by atoms with Gasteiger partial charge in [-0.15, -0.1) is 0 Å². The van der Waals surface area contributed by atoms with Gasteiger partial charge in [-0.2, -0.15) is 5.26 Å². The van der Waals surface area contributed by atoms with Crippen LogP contribution in [0, 0.1) is 27.4 Å². The molecule has 1 aliphatic carbocycles. The van der Waals surface area contributed by atoms with Crippen LogP contribution in [-0.2, 0) is 0 Å². The van der Waals surface area contributed by atoms with Crippen LogP contribution in [0.4, 0.5) is 11.4 Å². The summed E-state index contributed by atoms with van der Waals surface area (Å²) in [5.41, 5.74) is 1.83. The Morgan fingerprint density at radius 2 is 1.95 bits per heavy atom. The lowest BCUT2D eigenvalue weighted by Gasteiger charge is -2.20. The van der Waals surface area contributed by atoms with E-state index in [1.165, 1.54) is 6.07 Å². The molecule has 0 bridgehead atoms. The third-order valence-corrected chi connectivity index (χ3v) is 3.89. The third kappa shape index (κ3) is 2.91. The van der Waals surface area contributed by atoms with Crippen molar-refractivity contribution < 1.29 is 4.92 Å². The second-order valence-electron chi connectivity index (χ2n) is 5.47. The molecule has 0 heterocycles. The van der Waals surface area contributed by atoms with Crippen LogP contribution in [0.15, 0.2) is 48.5 Å². The molecule has 0 aliphatic heterocycles. The summed E-state index contributed by atoms with van der Waals surface area (Å²) in [4.78, 5) is 10.8. The molecule has 0 radical (unpaired) electrons. The molecule has 0 saturated heterocycles. The van der Waals surface area contributed by atoms with Crippen molar-refractivity contribution in [1.29, 1.82) is 5.26 Å². The summed E-state index contributed by atoms with van der Waals surface area (Å²) < 4.78 is 0. The average Bonchev–Trinajstić information content (AvgIpc) is 3.38. The maximum absolute atomic E-state index is 11.2. The van der Waals surface area contributed by atoms with Gasteiger partial charge in [-0.05, 0) is 36.5 Å². The zero-order valence-corrected chi connectivity index (χ0v) is 11.9.